The van der Waals surface area contributed by atoms with Crippen LogP contribution in [-0.4, -0.2) is 31.7 Å². The first-order chi connectivity index (χ1) is 14.5. The molecule has 0 atom stereocenters. The first kappa shape index (κ1) is 19.8. The predicted molar refractivity (Wildman–Crippen MR) is 120 cm³/mol. The minimum Gasteiger partial charge on any atom is -0.494 e. The summed E-state index contributed by atoms with van der Waals surface area (Å²) in [4.78, 5) is 18.7. The number of thiophene rings is 1. The number of carbonyl (C=O) groups excluding carboxylic acids is 1. The van der Waals surface area contributed by atoms with Crippen LogP contribution in [0, 0.1) is 0 Å². The molecule has 154 valence electrons. The first-order valence-corrected chi connectivity index (χ1v) is 10.1. The van der Waals surface area contributed by atoms with Crippen molar-refractivity contribution in [2.45, 2.75) is 6.92 Å². The van der Waals surface area contributed by atoms with Gasteiger partial charge in [0.05, 0.1) is 32.0 Å². The minimum absolute atomic E-state index is 0.304. The zero-order valence-corrected chi connectivity index (χ0v) is 17.6. The average molecular weight is 423 g/mol. The summed E-state index contributed by atoms with van der Waals surface area (Å²) < 4.78 is 16.1. The lowest BCUT2D eigenvalue weighted by atomic mass is 10.1. The lowest BCUT2D eigenvalue weighted by molar-refractivity contribution is 0.103. The van der Waals surface area contributed by atoms with Crippen molar-refractivity contribution in [3.63, 3.8) is 0 Å². The molecule has 4 rings (SSSR count). The number of rotatable bonds is 6. The van der Waals surface area contributed by atoms with Crippen LogP contribution >= 0.6 is 11.3 Å². The molecule has 0 aliphatic heterocycles. The molecular formula is C22H21N3O4S. The number of nitrogens with two attached hydrogens (primary N) is 1. The number of benzene rings is 2. The third-order valence-corrected chi connectivity index (χ3v) is 5.76. The molecule has 3 N–H and O–H groups in total. The number of aromatic nitrogens is 1. The second-order valence-electron chi connectivity index (χ2n) is 6.50. The van der Waals surface area contributed by atoms with Crippen LogP contribution in [0.5, 0.6) is 17.2 Å². The summed E-state index contributed by atoms with van der Waals surface area (Å²) in [6, 6.07) is 12.8. The van der Waals surface area contributed by atoms with Crippen molar-refractivity contribution in [2.75, 3.05) is 31.9 Å². The Morgan fingerprint density at radius 3 is 2.63 bits per heavy atom. The second-order valence-corrected chi connectivity index (χ2v) is 7.50. The number of ether oxygens (including phenoxy) is 3. The number of fused-ring (bicyclic) bond motifs is 2. The molecule has 8 heteroatoms. The van der Waals surface area contributed by atoms with E-state index in [0.717, 1.165) is 22.0 Å². The minimum atomic E-state index is -0.304. The Morgan fingerprint density at radius 2 is 1.90 bits per heavy atom. The Labute approximate surface area is 177 Å². The molecule has 7 nitrogen and oxygen atoms in total. The molecule has 1 amide bonds. The van der Waals surface area contributed by atoms with Gasteiger partial charge in [0.25, 0.3) is 5.91 Å². The lowest BCUT2D eigenvalue weighted by Crippen LogP contribution is -2.12. The maximum Gasteiger partial charge on any atom is 0.267 e. The van der Waals surface area contributed by atoms with E-state index in [0.29, 0.717) is 39.2 Å². The van der Waals surface area contributed by atoms with E-state index in [-0.39, 0.29) is 5.91 Å². The van der Waals surface area contributed by atoms with Crippen LogP contribution in [0.25, 0.3) is 21.1 Å². The predicted octanol–water partition coefficient (Wildman–Crippen LogP) is 4.70. The van der Waals surface area contributed by atoms with E-state index in [4.69, 9.17) is 19.9 Å². The van der Waals surface area contributed by atoms with Gasteiger partial charge >= 0.3 is 0 Å². The molecule has 0 saturated heterocycles. The highest BCUT2D eigenvalue weighted by Crippen LogP contribution is 2.36. The molecule has 2 aromatic heterocycles. The highest BCUT2D eigenvalue weighted by molar-refractivity contribution is 7.21. The molecular weight excluding hydrogens is 402 g/mol. The average Bonchev–Trinajstić information content (AvgIpc) is 3.08. The number of amides is 1. The van der Waals surface area contributed by atoms with E-state index >= 15 is 0 Å². The van der Waals surface area contributed by atoms with Gasteiger partial charge in [-0.25, -0.2) is 4.98 Å². The molecule has 0 unspecified atom stereocenters. The summed E-state index contributed by atoms with van der Waals surface area (Å²) in [5.74, 6) is 1.56. The van der Waals surface area contributed by atoms with E-state index in [2.05, 4.69) is 10.3 Å². The molecule has 0 aliphatic rings. The van der Waals surface area contributed by atoms with Gasteiger partial charge in [0, 0.05) is 28.6 Å². The zero-order valence-electron chi connectivity index (χ0n) is 16.8. The summed E-state index contributed by atoms with van der Waals surface area (Å²) in [7, 11) is 3.10. The molecule has 2 heterocycles. The van der Waals surface area contributed by atoms with Crippen LogP contribution in [0.3, 0.4) is 0 Å². The van der Waals surface area contributed by atoms with Gasteiger partial charge < -0.3 is 25.3 Å². The molecule has 0 aliphatic carbocycles. The number of carbonyl (C=O) groups is 1. The van der Waals surface area contributed by atoms with Gasteiger partial charge in [-0.3, -0.25) is 4.79 Å². The Balaban J connectivity index is 1.68. The van der Waals surface area contributed by atoms with Gasteiger partial charge in [-0.15, -0.1) is 11.3 Å². The Kier molecular flexibility index (Phi) is 5.33. The van der Waals surface area contributed by atoms with E-state index in [1.54, 1.807) is 32.4 Å². The van der Waals surface area contributed by atoms with Gasteiger partial charge in [-0.1, -0.05) is 0 Å². The third kappa shape index (κ3) is 3.57. The Morgan fingerprint density at radius 1 is 1.10 bits per heavy atom. The molecule has 0 radical (unpaired) electrons. The third-order valence-electron chi connectivity index (χ3n) is 4.65. The second kappa shape index (κ2) is 8.08. The van der Waals surface area contributed by atoms with E-state index in [1.165, 1.54) is 11.3 Å². The highest BCUT2D eigenvalue weighted by atomic mass is 32.1. The monoisotopic (exact) mass is 423 g/mol. The Bertz CT molecular complexity index is 1250. The maximum atomic E-state index is 12.9. The first-order valence-electron chi connectivity index (χ1n) is 9.33. The summed E-state index contributed by atoms with van der Waals surface area (Å²) in [5.41, 5.74) is 8.09. The van der Waals surface area contributed by atoms with E-state index in [9.17, 15) is 4.79 Å². The van der Waals surface area contributed by atoms with Gasteiger partial charge in [0.1, 0.15) is 15.5 Å². The largest absolute Gasteiger partial charge is 0.494 e. The van der Waals surface area contributed by atoms with Crippen molar-refractivity contribution in [3.05, 3.63) is 47.3 Å². The van der Waals surface area contributed by atoms with Gasteiger partial charge in [0.2, 0.25) is 0 Å². The van der Waals surface area contributed by atoms with Crippen molar-refractivity contribution in [2.24, 2.45) is 0 Å². The number of nitrogens with one attached hydrogen (secondary N) is 1. The van der Waals surface area contributed by atoms with E-state index < -0.39 is 0 Å². The standard InChI is InChI=1S/C22H21N3O4S/c1-4-29-14-7-5-12-9-15-19(23)20(30-22(15)25-16(12)11-14)21(26)24-13-6-8-17(27-2)18(10-13)28-3/h5-11H,4,23H2,1-3H3,(H,24,26). The number of methoxy groups -OCH3 is 2. The normalized spacial score (nSPS) is 10.9. The molecule has 0 bridgehead atoms. The van der Waals surface area contributed by atoms with Crippen LogP contribution in [0.4, 0.5) is 11.4 Å². The van der Waals surface area contributed by atoms with Gasteiger partial charge in [-0.05, 0) is 37.3 Å². The maximum absolute atomic E-state index is 12.9. The number of pyridine rings is 1. The SMILES string of the molecule is CCOc1ccc2cc3c(N)c(C(=O)Nc4ccc(OC)c(OC)c4)sc3nc2c1. The van der Waals surface area contributed by atoms with Crippen molar-refractivity contribution >= 4 is 49.7 Å². The van der Waals surface area contributed by atoms with Crippen molar-refractivity contribution < 1.29 is 19.0 Å². The molecule has 2 aromatic carbocycles. The number of nitrogens with zero attached hydrogens (tertiary/aromatic N) is 1. The van der Waals surface area contributed by atoms with Crippen molar-refractivity contribution in [3.8, 4) is 17.2 Å². The zero-order chi connectivity index (χ0) is 21.3. The summed E-state index contributed by atoms with van der Waals surface area (Å²) in [5, 5.41) is 4.55. The van der Waals surface area contributed by atoms with Crippen LogP contribution in [0.2, 0.25) is 0 Å². The van der Waals surface area contributed by atoms with Crippen LogP contribution in [0.1, 0.15) is 16.6 Å². The highest BCUT2D eigenvalue weighted by Gasteiger charge is 2.19. The number of anilines is 2. The fourth-order valence-electron chi connectivity index (χ4n) is 3.20. The molecule has 30 heavy (non-hydrogen) atoms. The topological polar surface area (TPSA) is 95.7 Å². The number of hydrogen-bond donors (Lipinski definition) is 2. The number of nitrogen functional groups attached to an aromatic ring is 1. The molecule has 4 aromatic rings. The Hall–Kier alpha value is -3.52. The fourth-order valence-corrected chi connectivity index (χ4v) is 4.18. The lowest BCUT2D eigenvalue weighted by Gasteiger charge is -2.10. The fraction of sp³-hybridized carbons (Fsp3) is 0.182. The van der Waals surface area contributed by atoms with Gasteiger partial charge in [-0.2, -0.15) is 0 Å². The van der Waals surface area contributed by atoms with Crippen LogP contribution < -0.4 is 25.3 Å². The number of hydrogen-bond acceptors (Lipinski definition) is 7. The van der Waals surface area contributed by atoms with Crippen LogP contribution in [0.15, 0.2) is 42.5 Å². The van der Waals surface area contributed by atoms with E-state index in [1.807, 2.05) is 31.2 Å². The summed E-state index contributed by atoms with van der Waals surface area (Å²) in [6.45, 7) is 2.52. The van der Waals surface area contributed by atoms with Crippen molar-refractivity contribution in [1.29, 1.82) is 0 Å². The smallest absolute Gasteiger partial charge is 0.267 e. The van der Waals surface area contributed by atoms with Gasteiger partial charge in [0.15, 0.2) is 11.5 Å². The molecule has 0 fully saturated rings. The van der Waals surface area contributed by atoms with Crippen molar-refractivity contribution in [1.82, 2.24) is 4.98 Å². The molecule has 0 spiro atoms. The summed E-state index contributed by atoms with van der Waals surface area (Å²) >= 11 is 1.26. The quantitative estimate of drug-likeness (QED) is 0.467. The van der Waals surface area contributed by atoms with Crippen LogP contribution in [-0.2, 0) is 0 Å². The summed E-state index contributed by atoms with van der Waals surface area (Å²) in [6.07, 6.45) is 0. The molecule has 0 saturated carbocycles.